The van der Waals surface area contributed by atoms with Crippen molar-refractivity contribution in [1.29, 1.82) is 0 Å². The highest BCUT2D eigenvalue weighted by atomic mass is 16.4. The van der Waals surface area contributed by atoms with Crippen LogP contribution < -0.4 is 0 Å². The Morgan fingerprint density at radius 3 is 2.35 bits per heavy atom. The highest BCUT2D eigenvalue weighted by Crippen LogP contribution is 2.27. The number of nitrogens with zero attached hydrogens (tertiary/aromatic N) is 4. The second-order valence-electron chi connectivity index (χ2n) is 7.67. The van der Waals surface area contributed by atoms with Crippen LogP contribution in [-0.4, -0.2) is 52.2 Å². The Bertz CT molecular complexity index is 473. The lowest BCUT2D eigenvalue weighted by atomic mass is 9.99. The predicted molar refractivity (Wildman–Crippen MR) is 91.3 cm³/mol. The molecule has 2 saturated heterocycles. The van der Waals surface area contributed by atoms with Gasteiger partial charge in [0.15, 0.2) is 0 Å². The minimum Gasteiger partial charge on any atom is -0.424 e. The molecular formula is C18H32N4O. The minimum atomic E-state index is 0.241. The molecule has 23 heavy (non-hydrogen) atoms. The Morgan fingerprint density at radius 1 is 1.00 bits per heavy atom. The Balaban J connectivity index is 1.51. The third-order valence-corrected chi connectivity index (χ3v) is 5.38. The van der Waals surface area contributed by atoms with Gasteiger partial charge in [-0.25, -0.2) is 0 Å². The molecule has 0 saturated carbocycles. The summed E-state index contributed by atoms with van der Waals surface area (Å²) in [5, 5.41) is 8.49. The maximum absolute atomic E-state index is 5.88. The van der Waals surface area contributed by atoms with Crippen molar-refractivity contribution < 1.29 is 4.42 Å². The normalized spacial score (nSPS) is 23.5. The maximum atomic E-state index is 5.88. The minimum absolute atomic E-state index is 0.241. The van der Waals surface area contributed by atoms with E-state index in [4.69, 9.17) is 4.42 Å². The van der Waals surface area contributed by atoms with E-state index in [1.165, 1.54) is 45.2 Å². The zero-order valence-electron chi connectivity index (χ0n) is 15.0. The molecule has 1 aromatic heterocycles. The quantitative estimate of drug-likeness (QED) is 0.833. The van der Waals surface area contributed by atoms with Gasteiger partial charge in [-0.15, -0.1) is 10.2 Å². The first-order chi connectivity index (χ1) is 11.1. The lowest BCUT2D eigenvalue weighted by molar-refractivity contribution is 0.0690. The third kappa shape index (κ3) is 4.32. The summed E-state index contributed by atoms with van der Waals surface area (Å²) in [6, 6.07) is 1.03. The van der Waals surface area contributed by atoms with Crippen LogP contribution in [0.15, 0.2) is 4.42 Å². The van der Waals surface area contributed by atoms with Crippen LogP contribution in [0.25, 0.3) is 0 Å². The molecule has 3 heterocycles. The zero-order valence-corrected chi connectivity index (χ0v) is 15.0. The summed E-state index contributed by atoms with van der Waals surface area (Å²) in [4.78, 5) is 5.23. The lowest BCUT2D eigenvalue weighted by Crippen LogP contribution is -2.47. The monoisotopic (exact) mass is 320 g/mol. The molecule has 1 unspecified atom stereocenters. The predicted octanol–water partition coefficient (Wildman–Crippen LogP) is 3.28. The van der Waals surface area contributed by atoms with Crippen LogP contribution in [-0.2, 0) is 6.42 Å². The van der Waals surface area contributed by atoms with E-state index >= 15 is 0 Å². The van der Waals surface area contributed by atoms with Crippen LogP contribution in [0.2, 0.25) is 0 Å². The first kappa shape index (κ1) is 16.9. The molecule has 1 atom stereocenters. The van der Waals surface area contributed by atoms with Gasteiger partial charge in [0.1, 0.15) is 0 Å². The standard InChI is InChI=1S/C18H32N4O/c1-14(2)13-17-19-20-18(23-17)15(3)21-11-7-16(8-12-21)22-9-5-4-6-10-22/h14-16H,4-13H2,1-3H3. The molecule has 2 aliphatic rings. The first-order valence-corrected chi connectivity index (χ1v) is 9.44. The third-order valence-electron chi connectivity index (χ3n) is 5.38. The van der Waals surface area contributed by atoms with Crippen molar-refractivity contribution >= 4 is 0 Å². The van der Waals surface area contributed by atoms with Crippen molar-refractivity contribution in [3.8, 4) is 0 Å². The number of hydrogen-bond donors (Lipinski definition) is 0. The molecule has 0 amide bonds. The van der Waals surface area contributed by atoms with Gasteiger partial charge in [0.2, 0.25) is 11.8 Å². The molecule has 130 valence electrons. The molecular weight excluding hydrogens is 288 g/mol. The van der Waals surface area contributed by atoms with E-state index in [-0.39, 0.29) is 6.04 Å². The Kier molecular flexibility index (Phi) is 5.70. The average molecular weight is 320 g/mol. The summed E-state index contributed by atoms with van der Waals surface area (Å²) in [7, 11) is 0. The van der Waals surface area contributed by atoms with E-state index in [9.17, 15) is 0 Å². The van der Waals surface area contributed by atoms with Gasteiger partial charge in [0, 0.05) is 25.6 Å². The maximum Gasteiger partial charge on any atom is 0.233 e. The Morgan fingerprint density at radius 2 is 1.70 bits per heavy atom. The largest absolute Gasteiger partial charge is 0.424 e. The van der Waals surface area contributed by atoms with Gasteiger partial charge in [-0.05, 0) is 51.6 Å². The fourth-order valence-corrected chi connectivity index (χ4v) is 3.95. The summed E-state index contributed by atoms with van der Waals surface area (Å²) in [6.45, 7) is 11.5. The van der Waals surface area contributed by atoms with Gasteiger partial charge in [-0.2, -0.15) is 0 Å². The summed E-state index contributed by atoms with van der Waals surface area (Å²) >= 11 is 0. The van der Waals surface area contributed by atoms with Crippen LogP contribution in [0.1, 0.15) is 70.7 Å². The topological polar surface area (TPSA) is 45.4 Å². The highest BCUT2D eigenvalue weighted by Gasteiger charge is 2.29. The molecule has 0 N–H and O–H groups in total. The fraction of sp³-hybridized carbons (Fsp3) is 0.889. The SMILES string of the molecule is CC(C)Cc1nnc(C(C)N2CCC(N3CCCCC3)CC2)o1. The van der Waals surface area contributed by atoms with E-state index in [1.807, 2.05) is 0 Å². The Labute approximate surface area is 140 Å². The van der Waals surface area contributed by atoms with E-state index in [0.29, 0.717) is 5.92 Å². The number of hydrogen-bond acceptors (Lipinski definition) is 5. The Hall–Kier alpha value is -0.940. The summed E-state index contributed by atoms with van der Waals surface area (Å²) in [5.74, 6) is 2.13. The van der Waals surface area contributed by atoms with E-state index in [1.54, 1.807) is 0 Å². The average Bonchev–Trinajstić information content (AvgIpc) is 3.03. The second kappa shape index (κ2) is 7.75. The summed E-state index contributed by atoms with van der Waals surface area (Å²) in [6.07, 6.45) is 7.61. The fourth-order valence-electron chi connectivity index (χ4n) is 3.95. The molecule has 0 spiro atoms. The molecule has 0 aliphatic carbocycles. The van der Waals surface area contributed by atoms with Gasteiger partial charge in [-0.1, -0.05) is 20.3 Å². The highest BCUT2D eigenvalue weighted by molar-refractivity contribution is 4.92. The van der Waals surface area contributed by atoms with Crippen molar-refractivity contribution in [2.24, 2.45) is 5.92 Å². The molecule has 2 aliphatic heterocycles. The molecule has 3 rings (SSSR count). The summed E-state index contributed by atoms with van der Waals surface area (Å²) in [5.41, 5.74) is 0. The van der Waals surface area contributed by atoms with Gasteiger partial charge in [-0.3, -0.25) is 4.90 Å². The number of rotatable bonds is 5. The molecule has 5 heteroatoms. The first-order valence-electron chi connectivity index (χ1n) is 9.44. The van der Waals surface area contributed by atoms with Crippen LogP contribution in [0, 0.1) is 5.92 Å². The lowest BCUT2D eigenvalue weighted by Gasteiger charge is -2.41. The molecule has 0 bridgehead atoms. The van der Waals surface area contributed by atoms with E-state index in [0.717, 1.165) is 37.3 Å². The zero-order chi connectivity index (χ0) is 16.2. The van der Waals surface area contributed by atoms with Crippen molar-refractivity contribution in [2.75, 3.05) is 26.2 Å². The summed E-state index contributed by atoms with van der Waals surface area (Å²) < 4.78 is 5.88. The van der Waals surface area contributed by atoms with Crippen LogP contribution in [0.4, 0.5) is 0 Å². The molecule has 0 aromatic carbocycles. The molecule has 2 fully saturated rings. The van der Waals surface area contributed by atoms with Crippen LogP contribution in [0.3, 0.4) is 0 Å². The van der Waals surface area contributed by atoms with E-state index < -0.39 is 0 Å². The number of likely N-dealkylation sites (tertiary alicyclic amines) is 2. The smallest absolute Gasteiger partial charge is 0.233 e. The van der Waals surface area contributed by atoms with Crippen molar-refractivity contribution in [3.63, 3.8) is 0 Å². The molecule has 1 aromatic rings. The molecule has 5 nitrogen and oxygen atoms in total. The van der Waals surface area contributed by atoms with Gasteiger partial charge in [0.05, 0.1) is 6.04 Å². The van der Waals surface area contributed by atoms with Gasteiger partial charge < -0.3 is 9.32 Å². The van der Waals surface area contributed by atoms with Crippen LogP contribution in [0.5, 0.6) is 0 Å². The van der Waals surface area contributed by atoms with Gasteiger partial charge >= 0.3 is 0 Å². The van der Waals surface area contributed by atoms with E-state index in [2.05, 4.69) is 40.8 Å². The van der Waals surface area contributed by atoms with Crippen molar-refractivity contribution in [3.05, 3.63) is 11.8 Å². The van der Waals surface area contributed by atoms with Crippen LogP contribution >= 0.6 is 0 Å². The molecule has 0 radical (unpaired) electrons. The number of piperidine rings is 2. The van der Waals surface area contributed by atoms with Crippen molar-refractivity contribution in [1.82, 2.24) is 20.0 Å². The second-order valence-corrected chi connectivity index (χ2v) is 7.67. The van der Waals surface area contributed by atoms with Crippen molar-refractivity contribution in [2.45, 2.75) is 71.4 Å². The number of aromatic nitrogens is 2. The van der Waals surface area contributed by atoms with Gasteiger partial charge in [0.25, 0.3) is 0 Å².